The average molecular weight is 268 g/mol. The van der Waals surface area contributed by atoms with Gasteiger partial charge in [0.05, 0.1) is 5.75 Å². The minimum absolute atomic E-state index is 0.213. The van der Waals surface area contributed by atoms with E-state index in [4.69, 9.17) is 5.73 Å². The molecule has 0 unspecified atom stereocenters. The molecule has 0 aromatic heterocycles. The van der Waals surface area contributed by atoms with E-state index in [0.29, 0.717) is 6.54 Å². The first-order valence-corrected chi connectivity index (χ1v) is 8.18. The second-order valence-electron chi connectivity index (χ2n) is 4.72. The van der Waals surface area contributed by atoms with Gasteiger partial charge in [0.2, 0.25) is 0 Å². The quantitative estimate of drug-likeness (QED) is 0.840. The van der Waals surface area contributed by atoms with Crippen molar-refractivity contribution >= 4 is 21.2 Å². The van der Waals surface area contributed by atoms with E-state index in [1.165, 1.54) is 5.56 Å². The lowest BCUT2D eigenvalue weighted by molar-refractivity contribution is 0.594. The van der Waals surface area contributed by atoms with Crippen LogP contribution in [0.4, 0.5) is 11.4 Å². The van der Waals surface area contributed by atoms with Crippen molar-refractivity contribution in [1.29, 1.82) is 0 Å². The van der Waals surface area contributed by atoms with Crippen molar-refractivity contribution in [2.45, 2.75) is 19.8 Å². The Labute approximate surface area is 109 Å². The Kier molecular flexibility index (Phi) is 3.80. The predicted octanol–water partition coefficient (Wildman–Crippen LogP) is 1.46. The van der Waals surface area contributed by atoms with Gasteiger partial charge in [-0.05, 0) is 30.5 Å². The summed E-state index contributed by atoms with van der Waals surface area (Å²) in [7, 11) is -2.90. The molecular weight excluding hydrogens is 248 g/mol. The summed E-state index contributed by atoms with van der Waals surface area (Å²) in [5, 5.41) is 0. The Bertz CT molecular complexity index is 526. The van der Waals surface area contributed by atoms with Crippen LogP contribution in [0.3, 0.4) is 0 Å². The van der Waals surface area contributed by atoms with Crippen LogP contribution in [0.2, 0.25) is 0 Å². The molecule has 2 rings (SSSR count). The van der Waals surface area contributed by atoms with Crippen molar-refractivity contribution < 1.29 is 8.42 Å². The molecule has 0 saturated carbocycles. The topological polar surface area (TPSA) is 63.4 Å². The molecule has 1 aliphatic heterocycles. The summed E-state index contributed by atoms with van der Waals surface area (Å²) in [6.07, 6.45) is 2.12. The number of aryl methyl sites for hydroxylation is 1. The van der Waals surface area contributed by atoms with Crippen molar-refractivity contribution in [1.82, 2.24) is 0 Å². The Hall–Kier alpha value is -1.23. The monoisotopic (exact) mass is 268 g/mol. The molecule has 0 spiro atoms. The van der Waals surface area contributed by atoms with Crippen LogP contribution in [-0.2, 0) is 16.3 Å². The highest BCUT2D eigenvalue weighted by Crippen LogP contribution is 2.28. The number of benzene rings is 1. The van der Waals surface area contributed by atoms with Gasteiger partial charge in [0.25, 0.3) is 0 Å². The molecular formula is C13H20N2O2S. The van der Waals surface area contributed by atoms with E-state index in [1.54, 1.807) is 6.92 Å². The van der Waals surface area contributed by atoms with Gasteiger partial charge in [-0.2, -0.15) is 0 Å². The number of nitrogen functional groups attached to an aromatic ring is 1. The van der Waals surface area contributed by atoms with Crippen LogP contribution in [0.5, 0.6) is 0 Å². The molecule has 0 saturated heterocycles. The Morgan fingerprint density at radius 3 is 2.89 bits per heavy atom. The lowest BCUT2D eigenvalue weighted by Crippen LogP contribution is -2.34. The van der Waals surface area contributed by atoms with Gasteiger partial charge >= 0.3 is 0 Å². The van der Waals surface area contributed by atoms with E-state index in [-0.39, 0.29) is 11.5 Å². The molecule has 0 bridgehead atoms. The lowest BCUT2D eigenvalue weighted by atomic mass is 10.0. The Morgan fingerprint density at radius 1 is 1.39 bits per heavy atom. The summed E-state index contributed by atoms with van der Waals surface area (Å²) in [5.74, 6) is 0.433. The molecule has 5 heteroatoms. The molecule has 0 aliphatic carbocycles. The van der Waals surface area contributed by atoms with Crippen LogP contribution < -0.4 is 10.6 Å². The predicted molar refractivity (Wildman–Crippen MR) is 75.7 cm³/mol. The largest absolute Gasteiger partial charge is 0.399 e. The highest BCUT2D eigenvalue weighted by Gasteiger charge is 2.18. The van der Waals surface area contributed by atoms with E-state index < -0.39 is 9.84 Å². The van der Waals surface area contributed by atoms with Crippen LogP contribution in [0.1, 0.15) is 18.9 Å². The fourth-order valence-electron chi connectivity index (χ4n) is 2.29. The zero-order chi connectivity index (χ0) is 13.2. The summed E-state index contributed by atoms with van der Waals surface area (Å²) in [6, 6.07) is 5.91. The highest BCUT2D eigenvalue weighted by molar-refractivity contribution is 7.91. The summed E-state index contributed by atoms with van der Waals surface area (Å²) < 4.78 is 23.1. The molecule has 0 fully saturated rings. The van der Waals surface area contributed by atoms with Gasteiger partial charge in [-0.3, -0.25) is 0 Å². The third-order valence-corrected chi connectivity index (χ3v) is 5.12. The first-order chi connectivity index (χ1) is 8.52. The van der Waals surface area contributed by atoms with Gasteiger partial charge in [0, 0.05) is 30.2 Å². The summed E-state index contributed by atoms with van der Waals surface area (Å²) in [5.41, 5.74) is 8.91. The van der Waals surface area contributed by atoms with Gasteiger partial charge in [0.15, 0.2) is 9.84 Å². The van der Waals surface area contributed by atoms with E-state index in [0.717, 1.165) is 30.8 Å². The smallest absolute Gasteiger partial charge is 0.151 e. The molecule has 2 N–H and O–H groups in total. The lowest BCUT2D eigenvalue weighted by Gasteiger charge is -2.31. The van der Waals surface area contributed by atoms with Gasteiger partial charge in [-0.25, -0.2) is 8.42 Å². The maximum absolute atomic E-state index is 11.6. The fraction of sp³-hybridized carbons (Fsp3) is 0.538. The molecule has 4 nitrogen and oxygen atoms in total. The Balaban J connectivity index is 2.15. The zero-order valence-electron chi connectivity index (χ0n) is 10.7. The zero-order valence-corrected chi connectivity index (χ0v) is 11.5. The normalized spacial score (nSPS) is 15.5. The number of nitrogens with zero attached hydrogens (tertiary/aromatic N) is 1. The van der Waals surface area contributed by atoms with Crippen LogP contribution >= 0.6 is 0 Å². The van der Waals surface area contributed by atoms with Gasteiger partial charge < -0.3 is 10.6 Å². The molecule has 100 valence electrons. The first-order valence-electron chi connectivity index (χ1n) is 6.35. The van der Waals surface area contributed by atoms with Crippen molar-refractivity contribution in [3.8, 4) is 0 Å². The maximum atomic E-state index is 11.6. The van der Waals surface area contributed by atoms with E-state index >= 15 is 0 Å². The highest BCUT2D eigenvalue weighted by atomic mass is 32.2. The minimum Gasteiger partial charge on any atom is -0.399 e. The molecule has 0 radical (unpaired) electrons. The second-order valence-corrected chi connectivity index (χ2v) is 7.19. The maximum Gasteiger partial charge on any atom is 0.151 e. The first kappa shape index (κ1) is 13.2. The molecule has 18 heavy (non-hydrogen) atoms. The SMILES string of the molecule is CCS(=O)(=O)CCN1CCCc2ccc(N)cc21. The van der Waals surface area contributed by atoms with Crippen molar-refractivity contribution in [3.05, 3.63) is 23.8 Å². The third kappa shape index (κ3) is 2.96. The number of nitrogens with two attached hydrogens (primary N) is 1. The molecule has 0 atom stereocenters. The summed E-state index contributed by atoms with van der Waals surface area (Å²) >= 11 is 0. The summed E-state index contributed by atoms with van der Waals surface area (Å²) in [6.45, 7) is 3.17. The van der Waals surface area contributed by atoms with Crippen LogP contribution in [0.25, 0.3) is 0 Å². The fourth-order valence-corrected chi connectivity index (χ4v) is 3.08. The van der Waals surface area contributed by atoms with Crippen molar-refractivity contribution in [2.75, 3.05) is 35.2 Å². The number of rotatable bonds is 4. The number of fused-ring (bicyclic) bond motifs is 1. The number of hydrogen-bond acceptors (Lipinski definition) is 4. The molecule has 1 aliphatic rings. The van der Waals surface area contributed by atoms with Gasteiger partial charge in [0.1, 0.15) is 0 Å². The van der Waals surface area contributed by atoms with Crippen molar-refractivity contribution in [3.63, 3.8) is 0 Å². The number of anilines is 2. The molecule has 0 amide bonds. The van der Waals surface area contributed by atoms with Gasteiger partial charge in [-0.1, -0.05) is 13.0 Å². The second kappa shape index (κ2) is 5.18. The average Bonchev–Trinajstić information content (AvgIpc) is 2.36. The van der Waals surface area contributed by atoms with Crippen LogP contribution in [-0.4, -0.2) is 33.0 Å². The molecule has 1 aromatic carbocycles. The molecule has 1 aromatic rings. The standard InChI is InChI=1S/C13H20N2O2S/c1-2-18(16,17)9-8-15-7-3-4-11-5-6-12(14)10-13(11)15/h5-6,10H,2-4,7-9,14H2,1H3. The van der Waals surface area contributed by atoms with E-state index in [1.807, 2.05) is 18.2 Å². The van der Waals surface area contributed by atoms with Gasteiger partial charge in [-0.15, -0.1) is 0 Å². The summed E-state index contributed by atoms with van der Waals surface area (Å²) in [4.78, 5) is 2.14. The molecule has 1 heterocycles. The number of sulfone groups is 1. The van der Waals surface area contributed by atoms with Crippen molar-refractivity contribution in [2.24, 2.45) is 0 Å². The Morgan fingerprint density at radius 2 is 2.17 bits per heavy atom. The van der Waals surface area contributed by atoms with Crippen LogP contribution in [0, 0.1) is 0 Å². The third-order valence-electron chi connectivity index (χ3n) is 3.44. The van der Waals surface area contributed by atoms with Crippen LogP contribution in [0.15, 0.2) is 18.2 Å². The van der Waals surface area contributed by atoms with E-state index in [9.17, 15) is 8.42 Å². The number of hydrogen-bond donors (Lipinski definition) is 1. The minimum atomic E-state index is -2.90. The van der Waals surface area contributed by atoms with E-state index in [2.05, 4.69) is 4.90 Å².